The number of nitrogens with one attached hydrogen (secondary N) is 1. The molecule has 0 aliphatic heterocycles. The van der Waals surface area contributed by atoms with E-state index in [2.05, 4.69) is 12.6 Å². The van der Waals surface area contributed by atoms with Crippen LogP contribution in [0.5, 0.6) is 0 Å². The van der Waals surface area contributed by atoms with Crippen LogP contribution in [-0.2, 0) is 0 Å². The molecule has 1 aromatic rings. The highest BCUT2D eigenvalue weighted by atomic mass is 32.1. The zero-order valence-corrected chi connectivity index (χ0v) is 8.70. The molecule has 1 N–H and O–H groups in total. The van der Waals surface area contributed by atoms with Gasteiger partial charge < -0.3 is 5.32 Å². The largest absolute Gasteiger partial charge is 0.405 e. The summed E-state index contributed by atoms with van der Waals surface area (Å²) in [6.45, 7) is -1.43. The van der Waals surface area contributed by atoms with E-state index >= 15 is 0 Å². The van der Waals surface area contributed by atoms with Crippen molar-refractivity contribution < 1.29 is 22.4 Å². The predicted octanol–water partition coefficient (Wildman–Crippen LogP) is 2.41. The van der Waals surface area contributed by atoms with Gasteiger partial charge in [-0.05, 0) is 18.2 Å². The Balaban J connectivity index is 2.70. The van der Waals surface area contributed by atoms with Gasteiger partial charge in [-0.3, -0.25) is 4.79 Å². The summed E-state index contributed by atoms with van der Waals surface area (Å²) in [4.78, 5) is 11.1. The van der Waals surface area contributed by atoms with E-state index in [1.807, 2.05) is 0 Å². The molecule has 88 valence electrons. The lowest BCUT2D eigenvalue weighted by Gasteiger charge is -2.08. The van der Waals surface area contributed by atoms with Crippen LogP contribution >= 0.6 is 12.6 Å². The van der Waals surface area contributed by atoms with Crippen molar-refractivity contribution in [3.05, 3.63) is 29.6 Å². The summed E-state index contributed by atoms with van der Waals surface area (Å²) < 4.78 is 48.1. The molecule has 1 amide bonds. The summed E-state index contributed by atoms with van der Waals surface area (Å²) in [6.07, 6.45) is -4.47. The number of carbonyl (C=O) groups is 1. The highest BCUT2D eigenvalue weighted by Crippen LogP contribution is 2.15. The van der Waals surface area contributed by atoms with Crippen LogP contribution in [0.3, 0.4) is 0 Å². The fourth-order valence-corrected chi connectivity index (χ4v) is 1.15. The van der Waals surface area contributed by atoms with Crippen molar-refractivity contribution in [2.75, 3.05) is 6.54 Å². The highest BCUT2D eigenvalue weighted by molar-refractivity contribution is 7.80. The van der Waals surface area contributed by atoms with E-state index in [9.17, 15) is 22.4 Å². The number of rotatable bonds is 2. The van der Waals surface area contributed by atoms with E-state index in [0.717, 1.165) is 18.2 Å². The maximum absolute atomic E-state index is 12.7. The van der Waals surface area contributed by atoms with E-state index in [4.69, 9.17) is 0 Å². The van der Waals surface area contributed by atoms with Gasteiger partial charge in [-0.15, -0.1) is 12.6 Å². The minimum atomic E-state index is -4.47. The maximum atomic E-state index is 12.7. The Kier molecular flexibility index (Phi) is 3.79. The van der Waals surface area contributed by atoms with Gasteiger partial charge in [-0.25, -0.2) is 4.39 Å². The summed E-state index contributed by atoms with van der Waals surface area (Å²) in [5.74, 6) is -1.57. The molecule has 0 saturated heterocycles. The quantitative estimate of drug-likeness (QED) is 0.615. The molecule has 2 nitrogen and oxygen atoms in total. The van der Waals surface area contributed by atoms with Crippen molar-refractivity contribution in [1.82, 2.24) is 5.32 Å². The third kappa shape index (κ3) is 3.73. The van der Waals surface area contributed by atoms with Crippen LogP contribution in [0.25, 0.3) is 0 Å². The number of halogens is 4. The molecule has 7 heteroatoms. The fourth-order valence-electron chi connectivity index (χ4n) is 0.936. The molecule has 0 unspecified atom stereocenters. The van der Waals surface area contributed by atoms with Crippen LogP contribution in [0, 0.1) is 5.82 Å². The molecule has 0 bridgehead atoms. The Morgan fingerprint density at radius 3 is 2.50 bits per heavy atom. The third-order valence-electron chi connectivity index (χ3n) is 1.66. The molecular weight excluding hydrogens is 246 g/mol. The fraction of sp³-hybridized carbons (Fsp3) is 0.222. The first kappa shape index (κ1) is 12.8. The normalized spacial score (nSPS) is 11.3. The van der Waals surface area contributed by atoms with E-state index in [0.29, 0.717) is 0 Å². The molecule has 0 atom stereocenters. The van der Waals surface area contributed by atoms with Crippen LogP contribution in [0.15, 0.2) is 23.1 Å². The van der Waals surface area contributed by atoms with Crippen molar-refractivity contribution in [1.29, 1.82) is 0 Å². The first-order chi connectivity index (χ1) is 7.29. The van der Waals surface area contributed by atoms with Crippen molar-refractivity contribution in [3.63, 3.8) is 0 Å². The van der Waals surface area contributed by atoms with Crippen molar-refractivity contribution in [2.24, 2.45) is 0 Å². The minimum absolute atomic E-state index is 0.0735. The van der Waals surface area contributed by atoms with Crippen LogP contribution in [0.2, 0.25) is 0 Å². The number of benzene rings is 1. The zero-order valence-electron chi connectivity index (χ0n) is 7.81. The van der Waals surface area contributed by atoms with Crippen molar-refractivity contribution >= 4 is 18.5 Å². The number of amides is 1. The summed E-state index contributed by atoms with van der Waals surface area (Å²) in [7, 11) is 0. The lowest BCUT2D eigenvalue weighted by atomic mass is 10.2. The zero-order chi connectivity index (χ0) is 12.3. The van der Waals surface area contributed by atoms with Crippen LogP contribution in [-0.4, -0.2) is 18.6 Å². The van der Waals surface area contributed by atoms with Gasteiger partial charge in [0.15, 0.2) is 0 Å². The summed E-state index contributed by atoms with van der Waals surface area (Å²) in [5, 5.41) is 1.67. The van der Waals surface area contributed by atoms with E-state index in [1.54, 1.807) is 5.32 Å². The topological polar surface area (TPSA) is 29.1 Å². The average Bonchev–Trinajstić information content (AvgIpc) is 2.17. The third-order valence-corrected chi connectivity index (χ3v) is 2.00. The monoisotopic (exact) mass is 253 g/mol. The molecule has 0 spiro atoms. The van der Waals surface area contributed by atoms with E-state index in [1.165, 1.54) is 0 Å². The molecule has 0 heterocycles. The van der Waals surface area contributed by atoms with Crippen LogP contribution in [0.4, 0.5) is 17.6 Å². The van der Waals surface area contributed by atoms with Gasteiger partial charge in [0, 0.05) is 10.5 Å². The SMILES string of the molecule is O=C(NCC(F)(F)F)c1ccc(F)c(S)c1. The maximum Gasteiger partial charge on any atom is 0.405 e. The van der Waals surface area contributed by atoms with Crippen LogP contribution < -0.4 is 5.32 Å². The Morgan fingerprint density at radius 1 is 1.38 bits per heavy atom. The Hall–Kier alpha value is -1.24. The Bertz CT molecular complexity index is 405. The van der Waals surface area contributed by atoms with E-state index in [-0.39, 0.29) is 10.5 Å². The molecule has 0 saturated carbocycles. The van der Waals surface area contributed by atoms with Gasteiger partial charge in [0.2, 0.25) is 0 Å². The summed E-state index contributed by atoms with van der Waals surface area (Å²) in [6, 6.07) is 3.11. The molecule has 1 rings (SSSR count). The second kappa shape index (κ2) is 4.73. The second-order valence-corrected chi connectivity index (χ2v) is 3.45. The summed E-state index contributed by atoms with van der Waals surface area (Å²) in [5.41, 5.74) is -0.0735. The molecule has 0 fully saturated rings. The Morgan fingerprint density at radius 2 is 2.00 bits per heavy atom. The number of carbonyl (C=O) groups excluding carboxylic acids is 1. The number of thiol groups is 1. The van der Waals surface area contributed by atoms with Crippen LogP contribution in [0.1, 0.15) is 10.4 Å². The first-order valence-corrected chi connectivity index (χ1v) is 4.58. The molecule has 0 aliphatic carbocycles. The molecule has 0 aromatic heterocycles. The standard InChI is InChI=1S/C9H7F4NOS/c10-6-2-1-5(3-7(6)16)8(15)14-4-9(11,12)13/h1-3,16H,4H2,(H,14,15). The Labute approximate surface area is 94.1 Å². The van der Waals surface area contributed by atoms with Gasteiger partial charge >= 0.3 is 6.18 Å². The number of hydrogen-bond donors (Lipinski definition) is 2. The van der Waals surface area contributed by atoms with Gasteiger partial charge in [0.1, 0.15) is 12.4 Å². The molecule has 16 heavy (non-hydrogen) atoms. The smallest absolute Gasteiger partial charge is 0.343 e. The van der Waals surface area contributed by atoms with Gasteiger partial charge in [-0.2, -0.15) is 13.2 Å². The lowest BCUT2D eigenvalue weighted by Crippen LogP contribution is -2.33. The van der Waals surface area contributed by atoms with Crippen molar-refractivity contribution in [2.45, 2.75) is 11.1 Å². The van der Waals surface area contributed by atoms with Gasteiger partial charge in [0.25, 0.3) is 5.91 Å². The van der Waals surface area contributed by atoms with Gasteiger partial charge in [-0.1, -0.05) is 0 Å². The molecule has 0 aliphatic rings. The highest BCUT2D eigenvalue weighted by Gasteiger charge is 2.27. The second-order valence-electron chi connectivity index (χ2n) is 2.96. The number of alkyl halides is 3. The van der Waals surface area contributed by atoms with Crippen molar-refractivity contribution in [3.8, 4) is 0 Å². The molecule has 0 radical (unpaired) electrons. The average molecular weight is 253 g/mol. The summed E-state index contributed by atoms with van der Waals surface area (Å²) >= 11 is 3.71. The molecular formula is C9H7F4NOS. The number of hydrogen-bond acceptors (Lipinski definition) is 2. The van der Waals surface area contributed by atoms with Gasteiger partial charge in [0.05, 0.1) is 0 Å². The van der Waals surface area contributed by atoms with E-state index < -0.39 is 24.4 Å². The minimum Gasteiger partial charge on any atom is -0.343 e. The first-order valence-electron chi connectivity index (χ1n) is 4.13. The molecule has 1 aromatic carbocycles. The predicted molar refractivity (Wildman–Crippen MR) is 52.0 cm³/mol. The lowest BCUT2D eigenvalue weighted by molar-refractivity contribution is -0.123.